The number of piperidine rings is 2. The van der Waals surface area contributed by atoms with E-state index in [1.54, 1.807) is 23.1 Å². The highest BCUT2D eigenvalue weighted by molar-refractivity contribution is 5.97. The van der Waals surface area contributed by atoms with E-state index in [0.29, 0.717) is 70.8 Å². The second-order valence-electron chi connectivity index (χ2n) is 27.6. The van der Waals surface area contributed by atoms with Gasteiger partial charge in [0.25, 0.3) is 17.7 Å². The van der Waals surface area contributed by atoms with Crippen molar-refractivity contribution in [3.05, 3.63) is 181 Å². The molecule has 10 heterocycles. The number of nitrogens with one attached hydrogen (secondary N) is 5. The first-order valence-electron chi connectivity index (χ1n) is 34.9. The highest BCUT2D eigenvalue weighted by Gasteiger charge is 2.32. The predicted octanol–water partition coefficient (Wildman–Crippen LogP) is 10.8. The van der Waals surface area contributed by atoms with E-state index in [1.807, 2.05) is 127 Å². The molecular formula is C76H88N16O6. The fraction of sp³-hybridized carbons (Fsp3) is 0.408. The Bertz CT molecular complexity index is 4280. The number of nitrogens with zero attached hydrogens (tertiary/aromatic N) is 11. The van der Waals surface area contributed by atoms with Gasteiger partial charge in [0.1, 0.15) is 5.75 Å². The Balaban J connectivity index is 0.000000128. The number of benzene rings is 3. The maximum Gasteiger partial charge on any atom is 0.251 e. The number of rotatable bonds is 18. The number of aryl methyl sites for hydroxylation is 3. The van der Waals surface area contributed by atoms with Crippen molar-refractivity contribution < 1.29 is 29.0 Å². The van der Waals surface area contributed by atoms with E-state index < -0.39 is 0 Å². The summed E-state index contributed by atoms with van der Waals surface area (Å²) in [5.41, 5.74) is 15.7. The number of carbonyl (C=O) groups is 3. The molecule has 6 aromatic heterocycles. The van der Waals surface area contributed by atoms with Crippen molar-refractivity contribution in [2.45, 2.75) is 153 Å². The highest BCUT2D eigenvalue weighted by atomic mass is 16.5. The lowest BCUT2D eigenvalue weighted by atomic mass is 9.97. The van der Waals surface area contributed by atoms with Gasteiger partial charge in [0.05, 0.1) is 110 Å². The van der Waals surface area contributed by atoms with Crippen LogP contribution in [0.2, 0.25) is 0 Å². The van der Waals surface area contributed by atoms with Crippen LogP contribution in [0, 0.1) is 20.8 Å². The lowest BCUT2D eigenvalue weighted by Gasteiger charge is -2.41. The average Bonchev–Trinajstić information content (AvgIpc) is 1.67. The summed E-state index contributed by atoms with van der Waals surface area (Å²) in [7, 11) is 0. The van der Waals surface area contributed by atoms with Gasteiger partial charge in [0.15, 0.2) is 0 Å². The number of aromatic nitrogens is 9. The minimum Gasteiger partial charge on any atom is -0.506 e. The Kier molecular flexibility index (Phi) is 19.8. The van der Waals surface area contributed by atoms with Gasteiger partial charge in [0, 0.05) is 127 Å². The van der Waals surface area contributed by atoms with Crippen LogP contribution in [0.15, 0.2) is 147 Å². The third-order valence-electron chi connectivity index (χ3n) is 19.8. The van der Waals surface area contributed by atoms with Crippen molar-refractivity contribution >= 4 is 29.1 Å². The number of aromatic hydroxyl groups is 1. The van der Waals surface area contributed by atoms with E-state index in [2.05, 4.69) is 99.5 Å². The Morgan fingerprint density at radius 1 is 0.449 bits per heavy atom. The summed E-state index contributed by atoms with van der Waals surface area (Å²) >= 11 is 0. The molecule has 0 radical (unpaired) electrons. The molecule has 3 amide bonds. The summed E-state index contributed by atoms with van der Waals surface area (Å²) in [5.74, 6) is 0.0473. The molecule has 0 bridgehead atoms. The van der Waals surface area contributed by atoms with Gasteiger partial charge < -0.3 is 46.1 Å². The molecule has 16 rings (SSSR count). The first kappa shape index (κ1) is 65.7. The maximum atomic E-state index is 12.6. The van der Waals surface area contributed by atoms with E-state index in [1.165, 1.54) is 6.20 Å². The van der Waals surface area contributed by atoms with Crippen LogP contribution in [-0.4, -0.2) is 171 Å². The van der Waals surface area contributed by atoms with Gasteiger partial charge in [-0.15, -0.1) is 0 Å². The third kappa shape index (κ3) is 16.5. The lowest BCUT2D eigenvalue weighted by Crippen LogP contribution is -2.53. The van der Waals surface area contributed by atoms with Crippen LogP contribution in [0.4, 0.5) is 11.4 Å². The van der Waals surface area contributed by atoms with Gasteiger partial charge in [-0.05, 0) is 187 Å². The minimum absolute atomic E-state index is 0.00253. The van der Waals surface area contributed by atoms with E-state index >= 15 is 0 Å². The molecule has 22 nitrogen and oxygen atoms in total. The summed E-state index contributed by atoms with van der Waals surface area (Å²) in [6.07, 6.45) is 35.4. The van der Waals surface area contributed by atoms with Crippen LogP contribution in [0.25, 0.3) is 50.4 Å². The van der Waals surface area contributed by atoms with Crippen LogP contribution in [0.1, 0.15) is 132 Å². The Morgan fingerprint density at radius 3 is 1.20 bits per heavy atom. The third-order valence-corrected chi connectivity index (χ3v) is 19.8. The zero-order valence-electron chi connectivity index (χ0n) is 56.3. The van der Waals surface area contributed by atoms with Crippen LogP contribution < -0.4 is 26.6 Å². The molecule has 98 heavy (non-hydrogen) atoms. The molecule has 3 aromatic carbocycles. The van der Waals surface area contributed by atoms with Gasteiger partial charge in [-0.1, -0.05) is 18.2 Å². The summed E-state index contributed by atoms with van der Waals surface area (Å²) in [6.45, 7) is 15.4. The largest absolute Gasteiger partial charge is 0.506 e. The van der Waals surface area contributed by atoms with Crippen LogP contribution in [0.5, 0.6) is 5.75 Å². The Morgan fingerprint density at radius 2 is 0.837 bits per heavy atom. The van der Waals surface area contributed by atoms with Crippen molar-refractivity contribution in [3.63, 3.8) is 0 Å². The molecule has 4 aliphatic heterocycles. The zero-order valence-corrected chi connectivity index (χ0v) is 56.3. The standard InChI is InChI=1S/C30H38N6O2.C27H32N6O2.C19H18N4O2/c1-20-3-4-22(30(37)34-24-5-6-24)14-29(20)23-16-32-36(19-23)28-15-26(17-31-18-28)33-25-7-10-35(11-8-25)27-9-12-38-21(2)13-27;1-18-2-3-19(27(34)31-21-4-5-21)10-26(18)20-12-29-33(15-20)24-11-23(13-28-14-24)30-22-6-8-32(9-7-22)25-16-35-17-25;1-12-2-3-13(19(25)22-15-4-5-15)6-18(12)14-8-21-23(11-14)16-7-17(24)10-20-9-16/h3-4,14-19,21,24-25,27,33H,5-13H2,1-2H3,(H,34,37);2-3,10-15,21-22,25,30H,4-9,16-17H2,1H3,(H,31,34);2-3,6-11,15,24H,4-5H2,1H3,(H,22,25). The number of pyridine rings is 3. The Hall–Kier alpha value is -9.61. The number of ether oxygens (including phenoxy) is 2. The number of anilines is 2. The second kappa shape index (κ2) is 29.6. The average molecular weight is 1320 g/mol. The number of likely N-dealkylation sites (tertiary alicyclic amines) is 2. The molecule has 4 saturated heterocycles. The van der Waals surface area contributed by atoms with Gasteiger partial charge in [0.2, 0.25) is 0 Å². The molecule has 9 aromatic rings. The van der Waals surface area contributed by atoms with Crippen molar-refractivity contribution in [2.75, 3.05) is 56.6 Å². The molecule has 7 aliphatic rings. The van der Waals surface area contributed by atoms with Gasteiger partial charge in [-0.25, -0.2) is 14.0 Å². The van der Waals surface area contributed by atoms with Crippen LogP contribution in [-0.2, 0) is 9.47 Å². The van der Waals surface area contributed by atoms with Gasteiger partial charge in [-0.3, -0.25) is 34.2 Å². The molecule has 3 aliphatic carbocycles. The number of hydrogen-bond acceptors (Lipinski definition) is 16. The van der Waals surface area contributed by atoms with Crippen molar-refractivity contribution in [1.29, 1.82) is 0 Å². The van der Waals surface area contributed by atoms with Crippen molar-refractivity contribution in [1.82, 2.24) is 70.0 Å². The normalized spacial score (nSPS) is 19.2. The van der Waals surface area contributed by atoms with Crippen molar-refractivity contribution in [2.24, 2.45) is 0 Å². The molecule has 7 fully saturated rings. The monoisotopic (exact) mass is 1320 g/mol. The molecule has 2 atom stereocenters. The molecule has 508 valence electrons. The summed E-state index contributed by atoms with van der Waals surface area (Å²) in [4.78, 5) is 55.5. The summed E-state index contributed by atoms with van der Waals surface area (Å²) in [5, 5.41) is 39.7. The molecule has 6 N–H and O–H groups in total. The number of amides is 3. The van der Waals surface area contributed by atoms with Gasteiger partial charge >= 0.3 is 0 Å². The smallest absolute Gasteiger partial charge is 0.251 e. The fourth-order valence-electron chi connectivity index (χ4n) is 13.4. The van der Waals surface area contributed by atoms with Crippen LogP contribution >= 0.6 is 0 Å². The van der Waals surface area contributed by atoms with Gasteiger partial charge in [-0.2, -0.15) is 15.3 Å². The highest BCUT2D eigenvalue weighted by Crippen LogP contribution is 2.32. The zero-order chi connectivity index (χ0) is 67.2. The maximum absolute atomic E-state index is 12.6. The molecule has 0 spiro atoms. The summed E-state index contributed by atoms with van der Waals surface area (Å²) < 4.78 is 16.4. The van der Waals surface area contributed by atoms with E-state index in [4.69, 9.17) is 9.47 Å². The second-order valence-corrected chi connectivity index (χ2v) is 27.6. The Labute approximate surface area is 572 Å². The lowest BCUT2D eigenvalue weighted by molar-refractivity contribution is -0.0705. The first-order chi connectivity index (χ1) is 47.7. The molecule has 3 saturated carbocycles. The van der Waals surface area contributed by atoms with E-state index in [-0.39, 0.29) is 23.5 Å². The fourth-order valence-corrected chi connectivity index (χ4v) is 13.4. The van der Waals surface area contributed by atoms with E-state index in [0.717, 1.165) is 196 Å². The predicted molar refractivity (Wildman–Crippen MR) is 377 cm³/mol. The van der Waals surface area contributed by atoms with E-state index in [9.17, 15) is 19.5 Å². The number of carbonyl (C=O) groups excluding carboxylic acids is 3. The topological polar surface area (TPSA) is 249 Å². The number of hydrogen-bond donors (Lipinski definition) is 6. The van der Waals surface area contributed by atoms with Crippen molar-refractivity contribution in [3.8, 4) is 56.2 Å². The molecule has 2 unspecified atom stereocenters. The SMILES string of the molecule is Cc1ccc(C(=O)NC2CC2)cc1-c1cnn(-c2cncc(NC3CCN(C4CCOC(C)C4)CC3)c2)c1.Cc1ccc(C(=O)NC2CC2)cc1-c1cnn(-c2cncc(NC3CCN(C4COC4)CC3)c2)c1.Cc1ccc(C(=O)NC2CC2)cc1-c1cnn(-c2cncc(O)c2)c1. The van der Waals surface area contributed by atoms with Crippen LogP contribution in [0.3, 0.4) is 0 Å². The summed E-state index contributed by atoms with van der Waals surface area (Å²) in [6, 6.07) is 26.4. The molecule has 22 heteroatoms. The molecular weight excluding hydrogens is 1230 g/mol. The minimum atomic E-state index is -0.0340. The quantitative estimate of drug-likeness (QED) is 0.0467. The first-order valence-corrected chi connectivity index (χ1v) is 34.9.